The second-order valence-electron chi connectivity index (χ2n) is 5.87. The summed E-state index contributed by atoms with van der Waals surface area (Å²) in [4.78, 5) is 26.9. The standard InChI is InChI=1S/C18H15N3O4/c1-24-18(22)17-16(13-6-7-19-9-15(13)25-17)20-11-3-4-12-10(8-11)2-5-14(12)21-23/h3-4,6-9,14,20H,2,5H2,1H3. The number of nitrogens with one attached hydrogen (secondary N) is 1. The van der Waals surface area contributed by atoms with E-state index in [1.807, 2.05) is 18.2 Å². The Bertz CT molecular complexity index is 980. The van der Waals surface area contributed by atoms with Crippen molar-refractivity contribution in [3.63, 3.8) is 0 Å². The minimum absolute atomic E-state index is 0.0958. The molecule has 0 saturated carbocycles. The molecular weight excluding hydrogens is 322 g/mol. The predicted molar refractivity (Wildman–Crippen MR) is 91.9 cm³/mol. The maximum Gasteiger partial charge on any atom is 0.376 e. The van der Waals surface area contributed by atoms with Crippen molar-refractivity contribution in [3.8, 4) is 0 Å². The highest BCUT2D eigenvalue weighted by Crippen LogP contribution is 2.38. The van der Waals surface area contributed by atoms with Gasteiger partial charge in [-0.15, -0.1) is 0 Å². The number of rotatable bonds is 4. The number of carbonyl (C=O) groups is 1. The summed E-state index contributed by atoms with van der Waals surface area (Å²) in [7, 11) is 1.31. The monoisotopic (exact) mass is 337 g/mol. The first-order valence-electron chi connectivity index (χ1n) is 7.88. The molecule has 7 heteroatoms. The van der Waals surface area contributed by atoms with Crippen LogP contribution in [0.1, 0.15) is 34.1 Å². The number of benzene rings is 1. The van der Waals surface area contributed by atoms with E-state index in [0.29, 0.717) is 11.3 Å². The number of hydrogen-bond donors (Lipinski definition) is 1. The van der Waals surface area contributed by atoms with Gasteiger partial charge >= 0.3 is 5.97 Å². The molecule has 1 aromatic carbocycles. The number of nitrogens with zero attached hydrogens (tertiary/aromatic N) is 2. The number of hydrogen-bond acceptors (Lipinski definition) is 7. The van der Waals surface area contributed by atoms with Crippen molar-refractivity contribution >= 4 is 28.3 Å². The van der Waals surface area contributed by atoms with Gasteiger partial charge in [-0.25, -0.2) is 4.79 Å². The first-order valence-corrected chi connectivity index (χ1v) is 7.88. The lowest BCUT2D eigenvalue weighted by Gasteiger charge is -2.09. The fourth-order valence-electron chi connectivity index (χ4n) is 3.24. The van der Waals surface area contributed by atoms with Gasteiger partial charge in [0.25, 0.3) is 0 Å². The van der Waals surface area contributed by atoms with Crippen molar-refractivity contribution < 1.29 is 13.9 Å². The molecule has 7 nitrogen and oxygen atoms in total. The summed E-state index contributed by atoms with van der Waals surface area (Å²) in [5.41, 5.74) is 3.89. The summed E-state index contributed by atoms with van der Waals surface area (Å²) in [6, 6.07) is 7.24. The van der Waals surface area contributed by atoms with E-state index >= 15 is 0 Å². The molecule has 1 aliphatic rings. The number of pyridine rings is 1. The second-order valence-corrected chi connectivity index (χ2v) is 5.87. The minimum atomic E-state index is -0.565. The van der Waals surface area contributed by atoms with Crippen LogP contribution >= 0.6 is 0 Å². The Morgan fingerprint density at radius 1 is 1.40 bits per heavy atom. The zero-order chi connectivity index (χ0) is 17.4. The smallest absolute Gasteiger partial charge is 0.376 e. The highest BCUT2D eigenvalue weighted by molar-refractivity contribution is 6.05. The average Bonchev–Trinajstić information content (AvgIpc) is 3.22. The number of anilines is 2. The van der Waals surface area contributed by atoms with Gasteiger partial charge in [0.1, 0.15) is 11.7 Å². The first-order chi connectivity index (χ1) is 12.2. The summed E-state index contributed by atoms with van der Waals surface area (Å²) in [6.45, 7) is 0. The zero-order valence-corrected chi connectivity index (χ0v) is 13.5. The number of nitroso groups, excluding NO2 is 1. The molecule has 0 radical (unpaired) electrons. The number of furan rings is 1. The van der Waals surface area contributed by atoms with Crippen LogP contribution in [0.2, 0.25) is 0 Å². The van der Waals surface area contributed by atoms with Crippen molar-refractivity contribution in [1.29, 1.82) is 0 Å². The summed E-state index contributed by atoms with van der Waals surface area (Å²) < 4.78 is 10.4. The fourth-order valence-corrected chi connectivity index (χ4v) is 3.24. The molecule has 2 heterocycles. The largest absolute Gasteiger partial charge is 0.463 e. The summed E-state index contributed by atoms with van der Waals surface area (Å²) in [6.07, 6.45) is 4.72. The number of ether oxygens (including phenoxy) is 1. The van der Waals surface area contributed by atoms with E-state index in [0.717, 1.165) is 35.0 Å². The number of aromatic nitrogens is 1. The van der Waals surface area contributed by atoms with Gasteiger partial charge in [0.2, 0.25) is 5.76 Å². The first kappa shape index (κ1) is 15.3. The van der Waals surface area contributed by atoms with Gasteiger partial charge in [-0.05, 0) is 42.2 Å². The third kappa shape index (κ3) is 2.53. The van der Waals surface area contributed by atoms with E-state index in [1.54, 1.807) is 18.5 Å². The van der Waals surface area contributed by atoms with Gasteiger partial charge in [0.05, 0.1) is 13.3 Å². The number of methoxy groups -OCH3 is 1. The summed E-state index contributed by atoms with van der Waals surface area (Å²) in [5.74, 6) is -0.469. The van der Waals surface area contributed by atoms with Gasteiger partial charge < -0.3 is 14.5 Å². The van der Waals surface area contributed by atoms with Gasteiger partial charge in [0.15, 0.2) is 5.58 Å². The molecule has 1 unspecified atom stereocenters. The molecule has 0 spiro atoms. The molecule has 25 heavy (non-hydrogen) atoms. The fraction of sp³-hybridized carbons (Fsp3) is 0.222. The molecule has 0 amide bonds. The molecule has 3 aromatic rings. The Labute approximate surface area is 143 Å². The number of esters is 1. The highest BCUT2D eigenvalue weighted by atomic mass is 16.5. The van der Waals surface area contributed by atoms with Crippen molar-refractivity contribution in [2.75, 3.05) is 12.4 Å². The normalized spacial score (nSPS) is 15.8. The predicted octanol–water partition coefficient (Wildman–Crippen LogP) is 4.11. The van der Waals surface area contributed by atoms with E-state index in [4.69, 9.17) is 9.15 Å². The Kier molecular flexibility index (Phi) is 3.68. The Hall–Kier alpha value is -3.22. The number of aryl methyl sites for hydroxylation is 1. The van der Waals surface area contributed by atoms with Crippen molar-refractivity contribution in [2.45, 2.75) is 18.9 Å². The molecule has 0 bridgehead atoms. The van der Waals surface area contributed by atoms with E-state index in [2.05, 4.69) is 15.5 Å². The summed E-state index contributed by atoms with van der Waals surface area (Å²) >= 11 is 0. The van der Waals surface area contributed by atoms with Crippen LogP contribution in [0.15, 0.2) is 46.3 Å². The van der Waals surface area contributed by atoms with Crippen LogP contribution in [0.4, 0.5) is 11.4 Å². The van der Waals surface area contributed by atoms with E-state index in [1.165, 1.54) is 7.11 Å². The van der Waals surface area contributed by atoms with Gasteiger partial charge in [-0.2, -0.15) is 4.91 Å². The highest BCUT2D eigenvalue weighted by Gasteiger charge is 2.25. The van der Waals surface area contributed by atoms with Crippen molar-refractivity contribution in [2.24, 2.45) is 5.18 Å². The van der Waals surface area contributed by atoms with E-state index < -0.39 is 5.97 Å². The second kappa shape index (κ2) is 6.01. The van der Waals surface area contributed by atoms with E-state index in [9.17, 15) is 9.70 Å². The van der Waals surface area contributed by atoms with Crippen LogP contribution in [0.25, 0.3) is 11.0 Å². The zero-order valence-electron chi connectivity index (χ0n) is 13.5. The van der Waals surface area contributed by atoms with Crippen LogP contribution in [0.5, 0.6) is 0 Å². The molecule has 1 N–H and O–H groups in total. The van der Waals surface area contributed by atoms with Crippen molar-refractivity contribution in [1.82, 2.24) is 4.98 Å². The molecule has 2 aromatic heterocycles. The third-order valence-electron chi connectivity index (χ3n) is 4.45. The van der Waals surface area contributed by atoms with Crippen molar-refractivity contribution in [3.05, 3.63) is 58.5 Å². The quantitative estimate of drug-likeness (QED) is 0.569. The molecule has 4 rings (SSSR count). The number of fused-ring (bicyclic) bond motifs is 2. The SMILES string of the molecule is COC(=O)c1oc2cnccc2c1Nc1ccc2c(c1)CCC2N=O. The topological polar surface area (TPSA) is 93.8 Å². The van der Waals surface area contributed by atoms with Crippen LogP contribution in [-0.2, 0) is 11.2 Å². The van der Waals surface area contributed by atoms with Crippen LogP contribution < -0.4 is 5.32 Å². The van der Waals surface area contributed by atoms with Gasteiger partial charge in [-0.3, -0.25) is 4.98 Å². The maximum absolute atomic E-state index is 12.0. The molecule has 1 atom stereocenters. The molecule has 0 aliphatic heterocycles. The van der Waals surface area contributed by atoms with Crippen LogP contribution in [-0.4, -0.2) is 18.1 Å². The lowest BCUT2D eigenvalue weighted by Crippen LogP contribution is -2.03. The van der Waals surface area contributed by atoms with Crippen LogP contribution in [0, 0.1) is 4.91 Å². The molecule has 0 fully saturated rings. The molecular formula is C18H15N3O4. The number of carbonyl (C=O) groups excluding carboxylic acids is 1. The Morgan fingerprint density at radius 3 is 3.08 bits per heavy atom. The lowest BCUT2D eigenvalue weighted by molar-refractivity contribution is 0.0569. The van der Waals surface area contributed by atoms with E-state index in [-0.39, 0.29) is 11.8 Å². The maximum atomic E-state index is 12.0. The Balaban J connectivity index is 1.76. The third-order valence-corrected chi connectivity index (χ3v) is 4.45. The minimum Gasteiger partial charge on any atom is -0.463 e. The Morgan fingerprint density at radius 2 is 2.28 bits per heavy atom. The average molecular weight is 337 g/mol. The van der Waals surface area contributed by atoms with Gasteiger partial charge in [0, 0.05) is 17.3 Å². The molecule has 126 valence electrons. The summed E-state index contributed by atoms with van der Waals surface area (Å²) in [5, 5.41) is 7.15. The molecule has 0 saturated heterocycles. The lowest BCUT2D eigenvalue weighted by atomic mass is 10.1. The van der Waals surface area contributed by atoms with Crippen LogP contribution in [0.3, 0.4) is 0 Å². The van der Waals surface area contributed by atoms with Gasteiger partial charge in [-0.1, -0.05) is 11.2 Å². The molecule has 1 aliphatic carbocycles.